The lowest BCUT2D eigenvalue weighted by Crippen LogP contribution is -1.86. The summed E-state index contributed by atoms with van der Waals surface area (Å²) in [5.41, 5.74) is 1.97. The van der Waals surface area contributed by atoms with Crippen LogP contribution in [0, 0.1) is 0 Å². The van der Waals surface area contributed by atoms with Gasteiger partial charge in [0.25, 0.3) is 0 Å². The van der Waals surface area contributed by atoms with Gasteiger partial charge in [-0.15, -0.1) is 0 Å². The van der Waals surface area contributed by atoms with Crippen LogP contribution in [-0.2, 0) is 0 Å². The van der Waals surface area contributed by atoms with Crippen molar-refractivity contribution >= 4 is 6.08 Å². The SMILES string of the molecule is CC(=Cc1ccc(Oc2cccnc2)cc1)CO. The minimum absolute atomic E-state index is 0.0773. The Morgan fingerprint density at radius 1 is 1.22 bits per heavy atom. The Labute approximate surface area is 106 Å². The molecule has 0 aliphatic heterocycles. The number of benzene rings is 1. The van der Waals surface area contributed by atoms with E-state index in [9.17, 15) is 0 Å². The van der Waals surface area contributed by atoms with Crippen LogP contribution in [0.4, 0.5) is 0 Å². The molecule has 0 radical (unpaired) electrons. The van der Waals surface area contributed by atoms with E-state index in [4.69, 9.17) is 9.84 Å². The molecule has 0 spiro atoms. The largest absolute Gasteiger partial charge is 0.456 e. The zero-order valence-electron chi connectivity index (χ0n) is 10.2. The molecule has 0 amide bonds. The van der Waals surface area contributed by atoms with E-state index in [1.165, 1.54) is 0 Å². The van der Waals surface area contributed by atoms with Gasteiger partial charge in [0.2, 0.25) is 0 Å². The number of aliphatic hydroxyl groups excluding tert-OH is 1. The van der Waals surface area contributed by atoms with E-state index < -0.39 is 0 Å². The van der Waals surface area contributed by atoms with Crippen molar-refractivity contribution in [2.75, 3.05) is 6.61 Å². The second kappa shape index (κ2) is 5.98. The highest BCUT2D eigenvalue weighted by atomic mass is 16.5. The summed E-state index contributed by atoms with van der Waals surface area (Å²) in [6.45, 7) is 1.97. The lowest BCUT2D eigenvalue weighted by atomic mass is 10.1. The van der Waals surface area contributed by atoms with Crippen LogP contribution < -0.4 is 4.74 Å². The van der Waals surface area contributed by atoms with Crippen LogP contribution in [-0.4, -0.2) is 16.7 Å². The van der Waals surface area contributed by atoms with E-state index in [0.717, 1.165) is 16.9 Å². The summed E-state index contributed by atoms with van der Waals surface area (Å²) in [7, 11) is 0. The summed E-state index contributed by atoms with van der Waals surface area (Å²) in [5.74, 6) is 1.48. The van der Waals surface area contributed by atoms with Gasteiger partial charge in [0, 0.05) is 6.20 Å². The lowest BCUT2D eigenvalue weighted by Gasteiger charge is -2.05. The van der Waals surface area contributed by atoms with Crippen molar-refractivity contribution in [2.24, 2.45) is 0 Å². The zero-order valence-corrected chi connectivity index (χ0v) is 10.2. The molecule has 0 aliphatic carbocycles. The van der Waals surface area contributed by atoms with Gasteiger partial charge in [-0.05, 0) is 42.3 Å². The fraction of sp³-hybridized carbons (Fsp3) is 0.133. The molecule has 0 saturated carbocycles. The van der Waals surface area contributed by atoms with Crippen molar-refractivity contribution in [1.29, 1.82) is 0 Å². The molecule has 0 unspecified atom stereocenters. The number of pyridine rings is 1. The Balaban J connectivity index is 2.09. The minimum atomic E-state index is 0.0773. The van der Waals surface area contributed by atoms with Gasteiger partial charge < -0.3 is 9.84 Å². The number of rotatable bonds is 4. The molecular formula is C15H15NO2. The maximum absolute atomic E-state index is 8.95. The van der Waals surface area contributed by atoms with Gasteiger partial charge in [-0.25, -0.2) is 0 Å². The molecule has 1 N–H and O–H groups in total. The monoisotopic (exact) mass is 241 g/mol. The standard InChI is InChI=1S/C15H15NO2/c1-12(11-17)9-13-4-6-14(7-5-13)18-15-3-2-8-16-10-15/h2-10,17H,11H2,1H3. The van der Waals surface area contributed by atoms with Crippen molar-refractivity contribution in [3.8, 4) is 11.5 Å². The van der Waals surface area contributed by atoms with E-state index in [1.54, 1.807) is 12.4 Å². The molecule has 3 nitrogen and oxygen atoms in total. The van der Waals surface area contributed by atoms with Crippen LogP contribution >= 0.6 is 0 Å². The Kier molecular flexibility index (Phi) is 4.10. The summed E-state index contributed by atoms with van der Waals surface area (Å²) in [4.78, 5) is 3.99. The predicted molar refractivity (Wildman–Crippen MR) is 71.5 cm³/mol. The fourth-order valence-electron chi connectivity index (χ4n) is 1.51. The maximum atomic E-state index is 8.95. The van der Waals surface area contributed by atoms with Gasteiger partial charge >= 0.3 is 0 Å². The van der Waals surface area contributed by atoms with Gasteiger partial charge in [0.15, 0.2) is 0 Å². The Morgan fingerprint density at radius 3 is 2.61 bits per heavy atom. The normalized spacial score (nSPS) is 11.3. The number of hydrogen-bond acceptors (Lipinski definition) is 3. The molecule has 2 rings (SSSR count). The molecule has 0 bridgehead atoms. The first-order chi connectivity index (χ1) is 8.78. The number of nitrogens with zero attached hydrogens (tertiary/aromatic N) is 1. The number of hydrogen-bond donors (Lipinski definition) is 1. The first-order valence-corrected chi connectivity index (χ1v) is 5.74. The molecule has 0 aliphatic rings. The van der Waals surface area contributed by atoms with Crippen molar-refractivity contribution in [1.82, 2.24) is 4.98 Å². The molecule has 0 fully saturated rings. The number of ether oxygens (including phenoxy) is 1. The first-order valence-electron chi connectivity index (χ1n) is 5.74. The Bertz CT molecular complexity index is 518. The van der Waals surface area contributed by atoms with Gasteiger partial charge in [-0.1, -0.05) is 18.2 Å². The highest BCUT2D eigenvalue weighted by molar-refractivity contribution is 5.53. The Morgan fingerprint density at radius 2 is 2.00 bits per heavy atom. The third kappa shape index (κ3) is 3.43. The van der Waals surface area contributed by atoms with Crippen LogP contribution in [0.2, 0.25) is 0 Å². The quantitative estimate of drug-likeness (QED) is 0.893. The smallest absolute Gasteiger partial charge is 0.145 e. The van der Waals surface area contributed by atoms with Crippen molar-refractivity contribution in [2.45, 2.75) is 6.92 Å². The van der Waals surface area contributed by atoms with Crippen LogP contribution in [0.5, 0.6) is 11.5 Å². The van der Waals surface area contributed by atoms with E-state index in [0.29, 0.717) is 5.75 Å². The molecular weight excluding hydrogens is 226 g/mol. The summed E-state index contributed by atoms with van der Waals surface area (Å²) in [6, 6.07) is 11.4. The van der Waals surface area contributed by atoms with Gasteiger partial charge in [-0.3, -0.25) is 4.98 Å². The Hall–Kier alpha value is -2.13. The predicted octanol–water partition coefficient (Wildman–Crippen LogP) is 3.27. The van der Waals surface area contributed by atoms with Crippen molar-refractivity contribution < 1.29 is 9.84 Å². The molecule has 1 aromatic heterocycles. The molecule has 92 valence electrons. The van der Waals surface area contributed by atoms with E-state index in [-0.39, 0.29) is 6.61 Å². The van der Waals surface area contributed by atoms with Crippen LogP contribution in [0.1, 0.15) is 12.5 Å². The van der Waals surface area contributed by atoms with Crippen LogP contribution in [0.3, 0.4) is 0 Å². The van der Waals surface area contributed by atoms with E-state index >= 15 is 0 Å². The molecule has 3 heteroatoms. The highest BCUT2D eigenvalue weighted by Crippen LogP contribution is 2.21. The number of aliphatic hydroxyl groups is 1. The fourth-order valence-corrected chi connectivity index (χ4v) is 1.51. The molecule has 18 heavy (non-hydrogen) atoms. The van der Waals surface area contributed by atoms with E-state index in [1.807, 2.05) is 49.4 Å². The second-order valence-electron chi connectivity index (χ2n) is 4.01. The van der Waals surface area contributed by atoms with Crippen molar-refractivity contribution in [3.05, 3.63) is 59.9 Å². The van der Waals surface area contributed by atoms with Crippen LogP contribution in [0.25, 0.3) is 6.08 Å². The maximum Gasteiger partial charge on any atom is 0.145 e. The molecule has 0 saturated heterocycles. The highest BCUT2D eigenvalue weighted by Gasteiger charge is 1.97. The van der Waals surface area contributed by atoms with Crippen molar-refractivity contribution in [3.63, 3.8) is 0 Å². The number of aromatic nitrogens is 1. The van der Waals surface area contributed by atoms with Gasteiger partial charge in [0.05, 0.1) is 12.8 Å². The second-order valence-corrected chi connectivity index (χ2v) is 4.01. The average Bonchev–Trinajstić information content (AvgIpc) is 2.42. The third-order valence-electron chi connectivity index (χ3n) is 2.41. The third-order valence-corrected chi connectivity index (χ3v) is 2.41. The van der Waals surface area contributed by atoms with Crippen LogP contribution in [0.15, 0.2) is 54.4 Å². The van der Waals surface area contributed by atoms with Gasteiger partial charge in [0.1, 0.15) is 11.5 Å². The average molecular weight is 241 g/mol. The summed E-state index contributed by atoms with van der Waals surface area (Å²) >= 11 is 0. The summed E-state index contributed by atoms with van der Waals surface area (Å²) in [5, 5.41) is 8.95. The first kappa shape index (κ1) is 12.3. The summed E-state index contributed by atoms with van der Waals surface area (Å²) < 4.78 is 5.63. The zero-order chi connectivity index (χ0) is 12.8. The topological polar surface area (TPSA) is 42.4 Å². The molecule has 1 aromatic carbocycles. The molecule has 2 aromatic rings. The minimum Gasteiger partial charge on any atom is -0.456 e. The molecule has 1 heterocycles. The summed E-state index contributed by atoms with van der Waals surface area (Å²) in [6.07, 6.45) is 5.32. The van der Waals surface area contributed by atoms with Gasteiger partial charge in [-0.2, -0.15) is 0 Å². The lowest BCUT2D eigenvalue weighted by molar-refractivity contribution is 0.332. The molecule has 0 atom stereocenters. The van der Waals surface area contributed by atoms with E-state index in [2.05, 4.69) is 4.98 Å².